The first-order chi connectivity index (χ1) is 13.3. The van der Waals surface area contributed by atoms with Crippen LogP contribution >= 0.6 is 23.2 Å². The van der Waals surface area contributed by atoms with Gasteiger partial charge in [0.05, 0.1) is 15.7 Å². The molecule has 0 aliphatic heterocycles. The van der Waals surface area contributed by atoms with Gasteiger partial charge in [-0.05, 0) is 55.3 Å². The highest BCUT2D eigenvalue weighted by atomic mass is 35.5. The van der Waals surface area contributed by atoms with Crippen LogP contribution < -0.4 is 4.18 Å². The molecule has 0 aliphatic carbocycles. The molecule has 0 saturated carbocycles. The third kappa shape index (κ3) is 4.73. The van der Waals surface area contributed by atoms with Crippen LogP contribution in [-0.4, -0.2) is 14.6 Å². The molecule has 0 aromatic heterocycles. The third-order valence-electron chi connectivity index (χ3n) is 3.95. The summed E-state index contributed by atoms with van der Waals surface area (Å²) in [4.78, 5) is 4.47. The average molecular weight is 434 g/mol. The highest BCUT2D eigenvalue weighted by Gasteiger charge is 2.20. The monoisotopic (exact) mass is 433 g/mol. The lowest BCUT2D eigenvalue weighted by atomic mass is 10.1. The van der Waals surface area contributed by atoms with E-state index in [-0.39, 0.29) is 20.7 Å². The molecule has 0 fully saturated rings. The Balaban J connectivity index is 1.88. The van der Waals surface area contributed by atoms with E-state index in [9.17, 15) is 8.42 Å². The molecule has 0 radical (unpaired) electrons. The molecule has 0 amide bonds. The second-order valence-corrected chi connectivity index (χ2v) is 8.57. The minimum absolute atomic E-state index is 0.0163. The van der Waals surface area contributed by atoms with E-state index in [2.05, 4.69) is 4.99 Å². The first-order valence-corrected chi connectivity index (χ1v) is 10.5. The molecular weight excluding hydrogens is 417 g/mol. The lowest BCUT2D eigenvalue weighted by Gasteiger charge is -2.11. The van der Waals surface area contributed by atoms with Crippen LogP contribution in [0.1, 0.15) is 16.7 Å². The molecule has 3 aromatic rings. The molecule has 0 spiro atoms. The fourth-order valence-corrected chi connectivity index (χ4v) is 4.23. The van der Waals surface area contributed by atoms with Crippen molar-refractivity contribution < 1.29 is 12.6 Å². The summed E-state index contributed by atoms with van der Waals surface area (Å²) in [6.07, 6.45) is 1.62. The Hall–Kier alpha value is -2.34. The maximum Gasteiger partial charge on any atom is 0.339 e. The van der Waals surface area contributed by atoms with Gasteiger partial charge >= 0.3 is 10.1 Å². The van der Waals surface area contributed by atoms with Crippen LogP contribution in [0.25, 0.3) is 0 Å². The Morgan fingerprint density at radius 3 is 2.18 bits per heavy atom. The standard InChI is InChI=1S/C21H17Cl2NO3S/c1-14-8-9-20(15(2)10-14)24-13-16-11-18(22)21(19(23)12-16)27-28(25,26)17-6-4-3-5-7-17/h3-13H,1-2H3. The molecule has 0 bridgehead atoms. The van der Waals surface area contributed by atoms with Crippen molar-refractivity contribution in [2.45, 2.75) is 18.7 Å². The van der Waals surface area contributed by atoms with Gasteiger partial charge < -0.3 is 4.18 Å². The van der Waals surface area contributed by atoms with Gasteiger partial charge in [-0.25, -0.2) is 0 Å². The Morgan fingerprint density at radius 2 is 1.57 bits per heavy atom. The number of benzene rings is 3. The van der Waals surface area contributed by atoms with E-state index in [0.29, 0.717) is 5.56 Å². The molecule has 3 rings (SSSR count). The molecule has 28 heavy (non-hydrogen) atoms. The van der Waals surface area contributed by atoms with Crippen molar-refractivity contribution in [3.63, 3.8) is 0 Å². The van der Waals surface area contributed by atoms with E-state index < -0.39 is 10.1 Å². The molecule has 0 N–H and O–H groups in total. The maximum absolute atomic E-state index is 12.4. The van der Waals surface area contributed by atoms with Crippen molar-refractivity contribution in [2.75, 3.05) is 0 Å². The summed E-state index contributed by atoms with van der Waals surface area (Å²) in [6.45, 7) is 3.99. The first kappa shape index (κ1) is 20.4. The molecule has 0 unspecified atom stereocenters. The normalized spacial score (nSPS) is 11.7. The Labute approximate surface area is 174 Å². The molecule has 144 valence electrons. The van der Waals surface area contributed by atoms with Crippen molar-refractivity contribution in [1.82, 2.24) is 0 Å². The molecule has 0 aliphatic rings. The summed E-state index contributed by atoms with van der Waals surface area (Å²) in [6, 6.07) is 16.8. The summed E-state index contributed by atoms with van der Waals surface area (Å²) >= 11 is 12.5. The molecule has 3 aromatic carbocycles. The van der Waals surface area contributed by atoms with Crippen molar-refractivity contribution >= 4 is 45.2 Å². The van der Waals surface area contributed by atoms with Gasteiger partial charge in [0.1, 0.15) is 4.90 Å². The molecule has 0 saturated heterocycles. The number of rotatable bonds is 5. The van der Waals surface area contributed by atoms with E-state index >= 15 is 0 Å². The van der Waals surface area contributed by atoms with Gasteiger partial charge in [-0.1, -0.05) is 59.1 Å². The SMILES string of the molecule is Cc1ccc(N=Cc2cc(Cl)c(OS(=O)(=O)c3ccccc3)c(Cl)c2)c(C)c1. The van der Waals surface area contributed by atoms with Gasteiger partial charge in [0, 0.05) is 6.21 Å². The second-order valence-electron chi connectivity index (χ2n) is 6.21. The summed E-state index contributed by atoms with van der Waals surface area (Å²) in [7, 11) is -4.04. The Kier molecular flexibility index (Phi) is 6.08. The zero-order chi connectivity index (χ0) is 20.3. The van der Waals surface area contributed by atoms with Crippen LogP contribution in [0.4, 0.5) is 5.69 Å². The number of hydrogen-bond acceptors (Lipinski definition) is 4. The quantitative estimate of drug-likeness (QED) is 0.359. The molecule has 0 heterocycles. The number of nitrogens with zero attached hydrogens (tertiary/aromatic N) is 1. The number of aliphatic imine (C=N–C) groups is 1. The predicted molar refractivity (Wildman–Crippen MR) is 114 cm³/mol. The highest BCUT2D eigenvalue weighted by Crippen LogP contribution is 2.36. The minimum atomic E-state index is -4.04. The van der Waals surface area contributed by atoms with Crippen molar-refractivity contribution in [1.29, 1.82) is 0 Å². The Bertz CT molecular complexity index is 1120. The van der Waals surface area contributed by atoms with E-state index in [1.807, 2.05) is 32.0 Å². The van der Waals surface area contributed by atoms with Gasteiger partial charge in [-0.2, -0.15) is 8.42 Å². The summed E-state index contributed by atoms with van der Waals surface area (Å²) in [5.41, 5.74) is 3.65. The van der Waals surface area contributed by atoms with Gasteiger partial charge in [0.2, 0.25) is 0 Å². The number of aryl methyl sites for hydroxylation is 2. The Morgan fingerprint density at radius 1 is 0.929 bits per heavy atom. The van der Waals surface area contributed by atoms with Gasteiger partial charge in [-0.15, -0.1) is 0 Å². The fourth-order valence-electron chi connectivity index (χ4n) is 2.57. The van der Waals surface area contributed by atoms with Crippen LogP contribution in [0, 0.1) is 13.8 Å². The van der Waals surface area contributed by atoms with Crippen molar-refractivity contribution in [3.05, 3.63) is 87.4 Å². The first-order valence-electron chi connectivity index (χ1n) is 8.36. The average Bonchev–Trinajstić information content (AvgIpc) is 2.65. The number of halogens is 2. The lowest BCUT2D eigenvalue weighted by molar-refractivity contribution is 0.486. The topological polar surface area (TPSA) is 55.7 Å². The van der Waals surface area contributed by atoms with Gasteiger partial charge in [0.15, 0.2) is 5.75 Å². The predicted octanol–water partition coefficient (Wildman–Crippen LogP) is 6.13. The summed E-state index contributed by atoms with van der Waals surface area (Å²) in [5.74, 6) is -0.115. The van der Waals surface area contributed by atoms with Crippen molar-refractivity contribution in [3.8, 4) is 5.75 Å². The van der Waals surface area contributed by atoms with E-state index in [0.717, 1.165) is 16.8 Å². The lowest BCUT2D eigenvalue weighted by Crippen LogP contribution is -2.10. The molecule has 4 nitrogen and oxygen atoms in total. The largest absolute Gasteiger partial charge is 0.376 e. The van der Waals surface area contributed by atoms with Crippen LogP contribution in [-0.2, 0) is 10.1 Å². The van der Waals surface area contributed by atoms with Crippen LogP contribution in [0.5, 0.6) is 5.75 Å². The molecular formula is C21H17Cl2NO3S. The zero-order valence-corrected chi connectivity index (χ0v) is 17.5. The van der Waals surface area contributed by atoms with E-state index in [4.69, 9.17) is 27.4 Å². The fraction of sp³-hybridized carbons (Fsp3) is 0.0952. The summed E-state index contributed by atoms with van der Waals surface area (Å²) < 4.78 is 30.0. The number of hydrogen-bond donors (Lipinski definition) is 0. The highest BCUT2D eigenvalue weighted by molar-refractivity contribution is 7.87. The van der Waals surface area contributed by atoms with Gasteiger partial charge in [-0.3, -0.25) is 4.99 Å². The third-order valence-corrected chi connectivity index (χ3v) is 5.75. The minimum Gasteiger partial charge on any atom is -0.376 e. The van der Waals surface area contributed by atoms with Crippen LogP contribution in [0.3, 0.4) is 0 Å². The smallest absolute Gasteiger partial charge is 0.339 e. The second kappa shape index (κ2) is 8.35. The van der Waals surface area contributed by atoms with E-state index in [1.165, 1.54) is 12.1 Å². The summed E-state index contributed by atoms with van der Waals surface area (Å²) in [5, 5.41) is 0.156. The van der Waals surface area contributed by atoms with Gasteiger partial charge in [0.25, 0.3) is 0 Å². The van der Waals surface area contributed by atoms with Crippen LogP contribution in [0.2, 0.25) is 10.0 Å². The van der Waals surface area contributed by atoms with Crippen LogP contribution in [0.15, 0.2) is 70.6 Å². The zero-order valence-electron chi connectivity index (χ0n) is 15.2. The maximum atomic E-state index is 12.4. The van der Waals surface area contributed by atoms with E-state index in [1.54, 1.807) is 36.5 Å². The van der Waals surface area contributed by atoms with Crippen molar-refractivity contribution in [2.24, 2.45) is 4.99 Å². The molecule has 7 heteroatoms. The molecule has 0 atom stereocenters.